The number of thioether (sulfide) groups is 1. The molecule has 1 aromatic heterocycles. The van der Waals surface area contributed by atoms with Gasteiger partial charge in [-0.05, 0) is 13.0 Å². The lowest BCUT2D eigenvalue weighted by atomic mass is 10.1. The van der Waals surface area contributed by atoms with E-state index in [2.05, 4.69) is 15.2 Å². The highest BCUT2D eigenvalue weighted by atomic mass is 32.2. The number of nitro groups is 1. The molecule has 1 aromatic carbocycles. The number of nitrogens with one attached hydrogen (secondary N) is 1. The zero-order valence-electron chi connectivity index (χ0n) is 11.7. The lowest BCUT2D eigenvalue weighted by molar-refractivity contribution is -0.385. The maximum atomic E-state index is 11.0. The van der Waals surface area contributed by atoms with Gasteiger partial charge in [0.05, 0.1) is 17.8 Å². The van der Waals surface area contributed by atoms with Crippen LogP contribution in [0.25, 0.3) is 11.4 Å². The molecule has 0 radical (unpaired) electrons. The molecule has 9 nitrogen and oxygen atoms in total. The second kappa shape index (κ2) is 6.43. The third-order valence-corrected chi connectivity index (χ3v) is 3.61. The number of Topliss-reactive ketones (excluding diaryl/α,β-unsaturated/α-hetero) is 1. The minimum absolute atomic E-state index is 0.0155. The molecule has 0 fully saturated rings. The van der Waals surface area contributed by atoms with Crippen LogP contribution in [0.3, 0.4) is 0 Å². The van der Waals surface area contributed by atoms with Gasteiger partial charge in [0.25, 0.3) is 0 Å². The van der Waals surface area contributed by atoms with Crippen LogP contribution in [0.2, 0.25) is 0 Å². The fraction of sp³-hybridized carbons (Fsp3) is 0.250. The number of benzene rings is 1. The first-order valence-electron chi connectivity index (χ1n) is 6.02. The molecule has 116 valence electrons. The average Bonchev–Trinajstić information content (AvgIpc) is 2.94. The first-order chi connectivity index (χ1) is 10.4. The standard InChI is InChI=1S/C12H12N4O5S/c1-6(17)5-22-12-13-11(14-15-12)7-3-8(16(19)20)10(18)9(4-7)21-2/h3-4,18H,5H2,1-2H3,(H,13,14,15). The predicted octanol–water partition coefficient (Wildman–Crippen LogP) is 1.78. The summed E-state index contributed by atoms with van der Waals surface area (Å²) >= 11 is 1.15. The molecule has 0 saturated carbocycles. The lowest BCUT2D eigenvalue weighted by Gasteiger charge is -2.05. The van der Waals surface area contributed by atoms with E-state index in [-0.39, 0.29) is 23.1 Å². The van der Waals surface area contributed by atoms with Crippen molar-refractivity contribution in [1.29, 1.82) is 0 Å². The molecule has 0 saturated heterocycles. The van der Waals surface area contributed by atoms with Crippen LogP contribution < -0.4 is 4.74 Å². The van der Waals surface area contributed by atoms with E-state index >= 15 is 0 Å². The molecule has 2 N–H and O–H groups in total. The van der Waals surface area contributed by atoms with Crippen LogP contribution in [0, 0.1) is 10.1 Å². The predicted molar refractivity (Wildman–Crippen MR) is 78.1 cm³/mol. The van der Waals surface area contributed by atoms with Crippen molar-refractivity contribution in [3.05, 3.63) is 22.2 Å². The second-order valence-corrected chi connectivity index (χ2v) is 5.20. The maximum absolute atomic E-state index is 11.0. The van der Waals surface area contributed by atoms with Gasteiger partial charge in [0.15, 0.2) is 11.6 Å². The van der Waals surface area contributed by atoms with E-state index in [0.717, 1.165) is 17.8 Å². The Kier molecular flexibility index (Phi) is 4.61. The van der Waals surface area contributed by atoms with E-state index in [1.165, 1.54) is 20.1 Å². The van der Waals surface area contributed by atoms with Crippen LogP contribution in [0.4, 0.5) is 5.69 Å². The number of hydrogen-bond donors (Lipinski definition) is 2. The average molecular weight is 324 g/mol. The molecule has 0 atom stereocenters. The number of ether oxygens (including phenoxy) is 1. The van der Waals surface area contributed by atoms with Crippen LogP contribution in [0.5, 0.6) is 11.5 Å². The number of phenols is 1. The Bertz CT molecular complexity index is 730. The third kappa shape index (κ3) is 3.34. The van der Waals surface area contributed by atoms with E-state index < -0.39 is 16.4 Å². The lowest BCUT2D eigenvalue weighted by Crippen LogP contribution is -1.94. The van der Waals surface area contributed by atoms with Gasteiger partial charge in [-0.25, -0.2) is 4.98 Å². The van der Waals surface area contributed by atoms with E-state index in [0.29, 0.717) is 10.7 Å². The molecule has 10 heteroatoms. The van der Waals surface area contributed by atoms with Crippen molar-refractivity contribution in [2.24, 2.45) is 0 Å². The van der Waals surface area contributed by atoms with Crippen LogP contribution >= 0.6 is 11.8 Å². The number of ketones is 1. The largest absolute Gasteiger partial charge is 0.500 e. The minimum atomic E-state index is -0.719. The third-order valence-electron chi connectivity index (χ3n) is 2.61. The number of methoxy groups -OCH3 is 1. The molecule has 0 bridgehead atoms. The van der Waals surface area contributed by atoms with E-state index in [9.17, 15) is 20.0 Å². The highest BCUT2D eigenvalue weighted by molar-refractivity contribution is 7.99. The number of hydrogen-bond acceptors (Lipinski definition) is 8. The smallest absolute Gasteiger partial charge is 0.315 e. The Morgan fingerprint density at radius 1 is 1.55 bits per heavy atom. The molecule has 22 heavy (non-hydrogen) atoms. The van der Waals surface area contributed by atoms with Crippen molar-refractivity contribution in [1.82, 2.24) is 15.2 Å². The Labute approximate surface area is 128 Å². The fourth-order valence-corrected chi connectivity index (χ4v) is 2.23. The van der Waals surface area contributed by atoms with Gasteiger partial charge in [0.1, 0.15) is 5.78 Å². The minimum Gasteiger partial charge on any atom is -0.500 e. The summed E-state index contributed by atoms with van der Waals surface area (Å²) in [6, 6.07) is 2.57. The summed E-state index contributed by atoms with van der Waals surface area (Å²) in [5, 5.41) is 27.6. The van der Waals surface area contributed by atoms with Gasteiger partial charge >= 0.3 is 5.69 Å². The molecule has 0 spiro atoms. The first-order valence-corrected chi connectivity index (χ1v) is 7.01. The molecule has 0 amide bonds. The molecule has 2 aromatic rings. The number of carbonyl (C=O) groups is 1. The van der Waals surface area contributed by atoms with Crippen molar-refractivity contribution in [3.8, 4) is 22.9 Å². The van der Waals surface area contributed by atoms with Crippen molar-refractivity contribution >= 4 is 23.2 Å². The zero-order chi connectivity index (χ0) is 16.3. The van der Waals surface area contributed by atoms with Crippen molar-refractivity contribution in [2.75, 3.05) is 12.9 Å². The molecule has 2 rings (SSSR count). The second-order valence-electron chi connectivity index (χ2n) is 4.26. The zero-order valence-corrected chi connectivity index (χ0v) is 12.5. The van der Waals surface area contributed by atoms with Gasteiger partial charge in [0.2, 0.25) is 10.9 Å². The first kappa shape index (κ1) is 15.8. The van der Waals surface area contributed by atoms with E-state index in [4.69, 9.17) is 4.74 Å². The number of nitro benzene ring substituents is 1. The highest BCUT2D eigenvalue weighted by Crippen LogP contribution is 2.39. The fourth-order valence-electron chi connectivity index (χ4n) is 1.63. The van der Waals surface area contributed by atoms with Gasteiger partial charge < -0.3 is 9.84 Å². The Hall–Kier alpha value is -2.62. The number of carbonyl (C=O) groups excluding carboxylic acids is 1. The Morgan fingerprint density at radius 2 is 2.27 bits per heavy atom. The maximum Gasteiger partial charge on any atom is 0.315 e. The molecule has 0 aliphatic heterocycles. The summed E-state index contributed by atoms with van der Waals surface area (Å²) in [4.78, 5) is 25.3. The van der Waals surface area contributed by atoms with Crippen molar-refractivity contribution in [2.45, 2.75) is 12.1 Å². The summed E-state index contributed by atoms with van der Waals surface area (Å²) in [6.45, 7) is 1.45. The Morgan fingerprint density at radius 3 is 2.86 bits per heavy atom. The molecule has 0 aliphatic carbocycles. The van der Waals surface area contributed by atoms with Gasteiger partial charge in [0, 0.05) is 11.6 Å². The SMILES string of the molecule is COc1cc(-c2nc(SCC(C)=O)n[nH]2)cc([N+](=O)[O-])c1O. The van der Waals surface area contributed by atoms with Crippen molar-refractivity contribution < 1.29 is 19.6 Å². The van der Waals surface area contributed by atoms with Gasteiger partial charge in [-0.15, -0.1) is 5.10 Å². The number of aromatic amines is 1. The normalized spacial score (nSPS) is 10.5. The van der Waals surface area contributed by atoms with Gasteiger partial charge in [-0.2, -0.15) is 0 Å². The van der Waals surface area contributed by atoms with Gasteiger partial charge in [-0.3, -0.25) is 20.0 Å². The van der Waals surface area contributed by atoms with Crippen LogP contribution in [-0.4, -0.2) is 43.9 Å². The van der Waals surface area contributed by atoms with Crippen molar-refractivity contribution in [3.63, 3.8) is 0 Å². The monoisotopic (exact) mass is 324 g/mol. The van der Waals surface area contributed by atoms with Gasteiger partial charge in [-0.1, -0.05) is 11.8 Å². The van der Waals surface area contributed by atoms with E-state index in [1.54, 1.807) is 0 Å². The molecule has 0 unspecified atom stereocenters. The summed E-state index contributed by atoms with van der Waals surface area (Å²) < 4.78 is 4.92. The summed E-state index contributed by atoms with van der Waals surface area (Å²) in [5.41, 5.74) is -0.160. The Balaban J connectivity index is 2.38. The van der Waals surface area contributed by atoms with Crippen LogP contribution in [0.15, 0.2) is 17.3 Å². The number of nitrogens with zero attached hydrogens (tertiary/aromatic N) is 3. The highest BCUT2D eigenvalue weighted by Gasteiger charge is 2.21. The molecular formula is C12H12N4O5S. The number of H-pyrrole nitrogens is 1. The number of aromatic hydroxyl groups is 1. The number of phenolic OH excluding ortho intramolecular Hbond substituents is 1. The van der Waals surface area contributed by atoms with Crippen LogP contribution in [-0.2, 0) is 4.79 Å². The topological polar surface area (TPSA) is 131 Å². The molecule has 0 aliphatic rings. The summed E-state index contributed by atoms with van der Waals surface area (Å²) in [6.07, 6.45) is 0. The number of aromatic nitrogens is 3. The van der Waals surface area contributed by atoms with E-state index in [1.807, 2.05) is 0 Å². The summed E-state index contributed by atoms with van der Waals surface area (Å²) in [7, 11) is 1.29. The quantitative estimate of drug-likeness (QED) is 0.467. The molecular weight excluding hydrogens is 312 g/mol. The summed E-state index contributed by atoms with van der Waals surface area (Å²) in [5.74, 6) is -0.109. The van der Waals surface area contributed by atoms with Crippen LogP contribution in [0.1, 0.15) is 6.92 Å². The number of rotatable bonds is 6. The molecule has 1 heterocycles.